The molecule has 4 rings (SSSR count). The van der Waals surface area contributed by atoms with Crippen molar-refractivity contribution in [3.05, 3.63) is 48.4 Å². The van der Waals surface area contributed by atoms with Crippen LogP contribution in [0.1, 0.15) is 5.69 Å². The highest BCUT2D eigenvalue weighted by Gasteiger charge is 2.13. The minimum atomic E-state index is 0.809. The van der Waals surface area contributed by atoms with E-state index in [1.165, 1.54) is 0 Å². The Bertz CT molecular complexity index is 878. The Morgan fingerprint density at radius 3 is 2.71 bits per heavy atom. The number of nitrogens with one attached hydrogen (secondary N) is 1. The van der Waals surface area contributed by atoms with Crippen LogP contribution in [0.3, 0.4) is 0 Å². The zero-order valence-corrected chi connectivity index (χ0v) is 11.8. The highest BCUT2D eigenvalue weighted by atomic mass is 15.3. The van der Waals surface area contributed by atoms with Crippen LogP contribution < -0.4 is 0 Å². The number of para-hydroxylation sites is 1. The number of aromatic amines is 1. The van der Waals surface area contributed by atoms with E-state index in [0.717, 1.165) is 33.9 Å². The van der Waals surface area contributed by atoms with Crippen molar-refractivity contribution in [2.75, 3.05) is 0 Å². The molecule has 0 saturated heterocycles. The number of nitrogens with zero attached hydrogens (tertiary/aromatic N) is 5. The summed E-state index contributed by atoms with van der Waals surface area (Å²) < 4.78 is 3.62. The van der Waals surface area contributed by atoms with Crippen molar-refractivity contribution in [1.29, 1.82) is 0 Å². The Morgan fingerprint density at radius 2 is 1.95 bits per heavy atom. The second-order valence-electron chi connectivity index (χ2n) is 5.00. The van der Waals surface area contributed by atoms with E-state index in [4.69, 9.17) is 0 Å². The first-order chi connectivity index (χ1) is 10.2. The van der Waals surface area contributed by atoms with Gasteiger partial charge >= 0.3 is 0 Å². The molecule has 0 unspecified atom stereocenters. The summed E-state index contributed by atoms with van der Waals surface area (Å²) in [5.41, 5.74) is 4.75. The summed E-state index contributed by atoms with van der Waals surface area (Å²) >= 11 is 0. The fraction of sp³-hybridized carbons (Fsp3) is 0.133. The molecule has 0 aliphatic heterocycles. The first-order valence-electron chi connectivity index (χ1n) is 6.72. The van der Waals surface area contributed by atoms with Crippen LogP contribution in [0.4, 0.5) is 0 Å². The summed E-state index contributed by atoms with van der Waals surface area (Å²) in [6.07, 6.45) is 3.78. The summed E-state index contributed by atoms with van der Waals surface area (Å²) in [5.74, 6) is 0.809. The monoisotopic (exact) mass is 278 g/mol. The predicted octanol–water partition coefficient (Wildman–Crippen LogP) is 2.46. The molecule has 0 amide bonds. The number of hydrogen-bond donors (Lipinski definition) is 1. The van der Waals surface area contributed by atoms with Gasteiger partial charge in [0, 0.05) is 13.2 Å². The number of fused-ring (bicyclic) bond motifs is 1. The molecule has 1 aromatic carbocycles. The molecular weight excluding hydrogens is 264 g/mol. The van der Waals surface area contributed by atoms with Crippen LogP contribution in [0.15, 0.2) is 42.7 Å². The molecule has 104 valence electrons. The van der Waals surface area contributed by atoms with Crippen LogP contribution in [0.2, 0.25) is 0 Å². The number of aromatic nitrogens is 6. The average molecular weight is 278 g/mol. The molecule has 0 bridgehead atoms. The second-order valence-corrected chi connectivity index (χ2v) is 5.00. The molecule has 3 heterocycles. The third-order valence-electron chi connectivity index (χ3n) is 3.53. The highest BCUT2D eigenvalue weighted by molar-refractivity contribution is 5.78. The van der Waals surface area contributed by atoms with E-state index >= 15 is 0 Å². The molecule has 0 fully saturated rings. The summed E-state index contributed by atoms with van der Waals surface area (Å²) in [6.45, 7) is 1.97. The quantitative estimate of drug-likeness (QED) is 0.612. The normalized spacial score (nSPS) is 11.3. The van der Waals surface area contributed by atoms with E-state index in [9.17, 15) is 0 Å². The van der Waals surface area contributed by atoms with Crippen molar-refractivity contribution in [2.45, 2.75) is 6.92 Å². The molecule has 4 aromatic rings. The van der Waals surface area contributed by atoms with Gasteiger partial charge < -0.3 is 4.98 Å². The second kappa shape index (κ2) is 4.31. The number of H-pyrrole nitrogens is 1. The van der Waals surface area contributed by atoms with Crippen LogP contribution >= 0.6 is 0 Å². The van der Waals surface area contributed by atoms with E-state index in [1.807, 2.05) is 61.4 Å². The first kappa shape index (κ1) is 11.9. The maximum absolute atomic E-state index is 4.60. The zero-order valence-electron chi connectivity index (χ0n) is 11.8. The molecule has 0 spiro atoms. The van der Waals surface area contributed by atoms with Crippen LogP contribution in [0, 0.1) is 6.92 Å². The lowest BCUT2D eigenvalue weighted by Gasteiger charge is -1.98. The van der Waals surface area contributed by atoms with Crippen molar-refractivity contribution in [2.24, 2.45) is 7.05 Å². The van der Waals surface area contributed by atoms with Crippen molar-refractivity contribution < 1.29 is 0 Å². The van der Waals surface area contributed by atoms with Crippen LogP contribution in [0.25, 0.3) is 28.2 Å². The number of rotatable bonds is 2. The maximum atomic E-state index is 4.60. The fourth-order valence-electron chi connectivity index (χ4n) is 2.48. The zero-order chi connectivity index (χ0) is 14.4. The lowest BCUT2D eigenvalue weighted by Crippen LogP contribution is -1.92. The van der Waals surface area contributed by atoms with Gasteiger partial charge in [-0.1, -0.05) is 18.2 Å². The molecular formula is C15H14N6. The minimum Gasteiger partial charge on any atom is -0.335 e. The number of benzene rings is 1. The Labute approximate surface area is 121 Å². The van der Waals surface area contributed by atoms with Crippen molar-refractivity contribution >= 4 is 11.2 Å². The van der Waals surface area contributed by atoms with E-state index in [0.29, 0.717) is 0 Å². The lowest BCUT2D eigenvalue weighted by molar-refractivity contribution is 0.773. The SMILES string of the molecule is Cc1nn(C)c2nc(-c3cnn(-c4ccccc4)c3)[nH]c12. The maximum Gasteiger partial charge on any atom is 0.176 e. The van der Waals surface area contributed by atoms with Gasteiger partial charge in [0.15, 0.2) is 5.65 Å². The Morgan fingerprint density at radius 1 is 1.14 bits per heavy atom. The molecule has 6 nitrogen and oxygen atoms in total. The lowest BCUT2D eigenvalue weighted by atomic mass is 10.3. The fourth-order valence-corrected chi connectivity index (χ4v) is 2.48. The predicted molar refractivity (Wildman–Crippen MR) is 80.2 cm³/mol. The summed E-state index contributed by atoms with van der Waals surface area (Å²) in [6, 6.07) is 10.0. The molecule has 0 aliphatic carbocycles. The van der Waals surface area contributed by atoms with Crippen molar-refractivity contribution in [3.8, 4) is 17.1 Å². The third kappa shape index (κ3) is 1.84. The van der Waals surface area contributed by atoms with Gasteiger partial charge in [-0.05, 0) is 19.1 Å². The van der Waals surface area contributed by atoms with Gasteiger partial charge in [-0.25, -0.2) is 14.3 Å². The minimum absolute atomic E-state index is 0.809. The molecule has 0 atom stereocenters. The first-order valence-corrected chi connectivity index (χ1v) is 6.72. The summed E-state index contributed by atoms with van der Waals surface area (Å²) in [7, 11) is 1.90. The Hall–Kier alpha value is -2.89. The molecule has 0 saturated carbocycles. The van der Waals surface area contributed by atoms with E-state index < -0.39 is 0 Å². The summed E-state index contributed by atoms with van der Waals surface area (Å²) in [4.78, 5) is 7.92. The Balaban J connectivity index is 1.79. The molecule has 1 N–H and O–H groups in total. The number of imidazole rings is 1. The van der Waals surface area contributed by atoms with Gasteiger partial charge in [0.05, 0.1) is 23.1 Å². The average Bonchev–Trinajstić information content (AvgIpc) is 3.19. The van der Waals surface area contributed by atoms with Crippen LogP contribution in [-0.2, 0) is 7.05 Å². The van der Waals surface area contributed by atoms with Gasteiger partial charge in [-0.15, -0.1) is 0 Å². The van der Waals surface area contributed by atoms with Crippen molar-refractivity contribution in [3.63, 3.8) is 0 Å². The topological polar surface area (TPSA) is 64.3 Å². The van der Waals surface area contributed by atoms with Gasteiger partial charge in [-0.2, -0.15) is 10.2 Å². The van der Waals surface area contributed by atoms with Crippen LogP contribution in [-0.4, -0.2) is 29.5 Å². The van der Waals surface area contributed by atoms with E-state index in [2.05, 4.69) is 20.2 Å². The third-order valence-corrected chi connectivity index (χ3v) is 3.53. The van der Waals surface area contributed by atoms with Gasteiger partial charge in [0.1, 0.15) is 11.3 Å². The largest absolute Gasteiger partial charge is 0.335 e. The smallest absolute Gasteiger partial charge is 0.176 e. The van der Waals surface area contributed by atoms with E-state index in [1.54, 1.807) is 4.68 Å². The van der Waals surface area contributed by atoms with Gasteiger partial charge in [0.2, 0.25) is 0 Å². The molecule has 0 aliphatic rings. The summed E-state index contributed by atoms with van der Waals surface area (Å²) in [5, 5.41) is 8.74. The number of hydrogen-bond acceptors (Lipinski definition) is 3. The standard InChI is InChI=1S/C15H14N6/c1-10-13-15(20(2)19-10)18-14(17-13)11-8-16-21(9-11)12-6-4-3-5-7-12/h3-9H,1-2H3,(H,17,18). The Kier molecular flexibility index (Phi) is 2.44. The molecule has 0 radical (unpaired) electrons. The molecule has 3 aromatic heterocycles. The van der Waals surface area contributed by atoms with E-state index in [-0.39, 0.29) is 0 Å². The highest BCUT2D eigenvalue weighted by Crippen LogP contribution is 2.22. The number of aryl methyl sites for hydroxylation is 2. The molecule has 6 heteroatoms. The van der Waals surface area contributed by atoms with Crippen molar-refractivity contribution in [1.82, 2.24) is 29.5 Å². The van der Waals surface area contributed by atoms with Gasteiger partial charge in [0.25, 0.3) is 0 Å². The van der Waals surface area contributed by atoms with Crippen LogP contribution in [0.5, 0.6) is 0 Å². The molecule has 21 heavy (non-hydrogen) atoms. The van der Waals surface area contributed by atoms with Gasteiger partial charge in [-0.3, -0.25) is 0 Å².